The molecule has 10 nitrogen and oxygen atoms in total. The molecule has 6 aromatic rings. The van der Waals surface area contributed by atoms with Crippen molar-refractivity contribution < 1.29 is 32.1 Å². The van der Waals surface area contributed by atoms with Gasteiger partial charge in [0, 0.05) is 6.07 Å². The second-order valence-electron chi connectivity index (χ2n) is 9.49. The minimum atomic E-state index is -4.77. The molecule has 0 spiro atoms. The van der Waals surface area contributed by atoms with Crippen molar-refractivity contribution in [3.8, 4) is 40.3 Å². The van der Waals surface area contributed by atoms with Crippen molar-refractivity contribution in [2.24, 2.45) is 0 Å². The highest BCUT2D eigenvalue weighted by Crippen LogP contribution is 2.27. The van der Waals surface area contributed by atoms with Crippen LogP contribution in [0.2, 0.25) is 0 Å². The van der Waals surface area contributed by atoms with Crippen molar-refractivity contribution in [3.63, 3.8) is 0 Å². The Morgan fingerprint density at radius 2 is 1.19 bits per heavy atom. The molecule has 0 radical (unpaired) electrons. The van der Waals surface area contributed by atoms with Crippen LogP contribution in [0, 0.1) is 6.92 Å². The first-order valence-electron chi connectivity index (χ1n) is 13.3. The van der Waals surface area contributed by atoms with Gasteiger partial charge in [-0.2, -0.15) is 0 Å². The lowest BCUT2D eigenvalue weighted by Crippen LogP contribution is -2.16. The highest BCUT2D eigenvalue weighted by molar-refractivity contribution is 5.80. The summed E-state index contributed by atoms with van der Waals surface area (Å²) < 4.78 is 58.3. The molecule has 43 heavy (non-hydrogen) atoms. The number of pyridine rings is 2. The molecule has 6 rings (SSSR count). The van der Waals surface area contributed by atoms with Crippen LogP contribution in [0.1, 0.15) is 5.56 Å². The number of imidazole rings is 2. The van der Waals surface area contributed by atoms with E-state index < -0.39 is 6.36 Å². The van der Waals surface area contributed by atoms with E-state index in [9.17, 15) is 13.2 Å². The predicted molar refractivity (Wildman–Crippen MR) is 152 cm³/mol. The van der Waals surface area contributed by atoms with E-state index in [1.165, 1.54) is 24.4 Å². The van der Waals surface area contributed by atoms with Crippen LogP contribution < -0.4 is 14.2 Å². The number of aryl methyl sites for hydroxylation is 1. The fraction of sp³-hybridized carbons (Fsp3) is 0.200. The number of rotatable bonds is 11. The Balaban J connectivity index is 0.915. The highest BCUT2D eigenvalue weighted by Gasteiger charge is 2.31. The molecule has 0 aliphatic carbocycles. The molecule has 0 saturated carbocycles. The van der Waals surface area contributed by atoms with Crippen LogP contribution in [-0.2, 0) is 4.74 Å². The topological polar surface area (TPSA) is 120 Å². The standard InChI is InChI=1S/C30H25F3N6O4/c1-18-2-6-22-26(14-18)38-28(36-22)24-8-4-20(16-34-24)41-12-10-40-11-13-42-21-5-9-25(35-17-21)29-37-23-7-3-19(15-27(23)39-29)43-30(31,32)33/h2-9,14-17H,10-13H2,1H3,(H,36,38)(H,37,39). The minimum Gasteiger partial charge on any atom is -0.490 e. The van der Waals surface area contributed by atoms with Crippen molar-refractivity contribution >= 4 is 22.1 Å². The quantitative estimate of drug-likeness (QED) is 0.170. The monoisotopic (exact) mass is 590 g/mol. The maximum Gasteiger partial charge on any atom is 0.573 e. The molecule has 0 saturated heterocycles. The van der Waals surface area contributed by atoms with E-state index in [1.807, 2.05) is 37.3 Å². The number of aromatic amines is 2. The Bertz CT molecular complexity index is 1840. The van der Waals surface area contributed by atoms with Crippen molar-refractivity contribution in [3.05, 3.63) is 78.6 Å². The number of halogens is 3. The molecule has 220 valence electrons. The van der Waals surface area contributed by atoms with Crippen molar-refractivity contribution in [1.82, 2.24) is 29.9 Å². The summed E-state index contributed by atoms with van der Waals surface area (Å²) in [6.07, 6.45) is -1.58. The first kappa shape index (κ1) is 28.0. The van der Waals surface area contributed by atoms with E-state index in [0.29, 0.717) is 66.3 Å². The summed E-state index contributed by atoms with van der Waals surface area (Å²) in [6, 6.07) is 17.0. The zero-order valence-electron chi connectivity index (χ0n) is 22.8. The molecule has 0 bridgehead atoms. The summed E-state index contributed by atoms with van der Waals surface area (Å²) in [4.78, 5) is 24.0. The fourth-order valence-electron chi connectivity index (χ4n) is 4.30. The number of nitrogens with zero attached hydrogens (tertiary/aromatic N) is 4. The van der Waals surface area contributed by atoms with Crippen LogP contribution in [0.15, 0.2) is 73.1 Å². The van der Waals surface area contributed by atoms with Gasteiger partial charge in [-0.1, -0.05) is 6.07 Å². The van der Waals surface area contributed by atoms with Gasteiger partial charge in [0.25, 0.3) is 0 Å². The number of nitrogens with one attached hydrogen (secondary N) is 2. The number of fused-ring (bicyclic) bond motifs is 2. The van der Waals surface area contributed by atoms with Gasteiger partial charge in [-0.3, -0.25) is 0 Å². The van der Waals surface area contributed by atoms with Gasteiger partial charge < -0.3 is 28.9 Å². The maximum atomic E-state index is 12.5. The summed E-state index contributed by atoms with van der Waals surface area (Å²) >= 11 is 0. The second kappa shape index (κ2) is 12.0. The normalized spacial score (nSPS) is 11.7. The third-order valence-electron chi connectivity index (χ3n) is 6.28. The molecule has 0 unspecified atom stereocenters. The van der Waals surface area contributed by atoms with E-state index in [-0.39, 0.29) is 5.75 Å². The number of hydrogen-bond donors (Lipinski definition) is 2. The van der Waals surface area contributed by atoms with Crippen LogP contribution >= 0.6 is 0 Å². The molecule has 13 heteroatoms. The average molecular weight is 591 g/mol. The van der Waals surface area contributed by atoms with Crippen molar-refractivity contribution in [2.75, 3.05) is 26.4 Å². The third kappa shape index (κ3) is 7.01. The van der Waals surface area contributed by atoms with Crippen LogP contribution in [0.3, 0.4) is 0 Å². The number of aromatic nitrogens is 6. The van der Waals surface area contributed by atoms with E-state index >= 15 is 0 Å². The molecule has 0 amide bonds. The molecule has 4 aromatic heterocycles. The lowest BCUT2D eigenvalue weighted by Gasteiger charge is -2.09. The van der Waals surface area contributed by atoms with E-state index in [2.05, 4.69) is 34.6 Å². The largest absolute Gasteiger partial charge is 0.573 e. The Hall–Kier alpha value is -5.17. The smallest absolute Gasteiger partial charge is 0.490 e. The van der Waals surface area contributed by atoms with Gasteiger partial charge in [-0.05, 0) is 61.0 Å². The molecule has 2 aromatic carbocycles. The molecule has 4 heterocycles. The Morgan fingerprint density at radius 1 is 0.651 bits per heavy atom. The molecule has 0 aliphatic heterocycles. The number of alkyl halides is 3. The zero-order valence-corrected chi connectivity index (χ0v) is 22.8. The third-order valence-corrected chi connectivity index (χ3v) is 6.28. The molecule has 0 fully saturated rings. The Kier molecular flexibility index (Phi) is 7.79. The van der Waals surface area contributed by atoms with Gasteiger partial charge in [0.1, 0.15) is 41.9 Å². The van der Waals surface area contributed by atoms with E-state index in [1.54, 1.807) is 18.3 Å². The van der Waals surface area contributed by atoms with Gasteiger partial charge in [0.05, 0.1) is 47.7 Å². The number of H-pyrrole nitrogens is 2. The van der Waals surface area contributed by atoms with Gasteiger partial charge in [-0.15, -0.1) is 13.2 Å². The number of ether oxygens (including phenoxy) is 4. The molecule has 0 atom stereocenters. The van der Waals surface area contributed by atoms with Gasteiger partial charge in [0.2, 0.25) is 0 Å². The SMILES string of the molecule is Cc1ccc2nc(-c3ccc(OCCOCCOc4ccc(-c5nc6ccc(OC(F)(F)F)cc6[nH]5)nc4)cn3)[nH]c2c1. The van der Waals surface area contributed by atoms with Crippen molar-refractivity contribution in [2.45, 2.75) is 13.3 Å². The summed E-state index contributed by atoms with van der Waals surface area (Å²) in [6.45, 7) is 3.41. The van der Waals surface area contributed by atoms with Crippen LogP contribution in [0.4, 0.5) is 13.2 Å². The van der Waals surface area contributed by atoms with Crippen LogP contribution in [0.25, 0.3) is 45.1 Å². The molecule has 0 aliphatic rings. The first-order valence-corrected chi connectivity index (χ1v) is 13.3. The number of benzene rings is 2. The van der Waals surface area contributed by atoms with Gasteiger partial charge in [0.15, 0.2) is 11.6 Å². The predicted octanol–water partition coefficient (Wildman–Crippen LogP) is 6.24. The molecular weight excluding hydrogens is 565 g/mol. The summed E-state index contributed by atoms with van der Waals surface area (Å²) in [5.41, 5.74) is 5.13. The average Bonchev–Trinajstić information content (AvgIpc) is 3.60. The van der Waals surface area contributed by atoms with E-state index in [4.69, 9.17) is 14.2 Å². The van der Waals surface area contributed by atoms with Gasteiger partial charge >= 0.3 is 6.36 Å². The minimum absolute atomic E-state index is 0.306. The first-order chi connectivity index (χ1) is 20.8. The zero-order chi connectivity index (χ0) is 29.8. The summed E-state index contributed by atoms with van der Waals surface area (Å²) in [7, 11) is 0. The van der Waals surface area contributed by atoms with Crippen molar-refractivity contribution in [1.29, 1.82) is 0 Å². The second-order valence-corrected chi connectivity index (χ2v) is 9.49. The summed E-state index contributed by atoms with van der Waals surface area (Å²) in [5, 5.41) is 0. The summed E-state index contributed by atoms with van der Waals surface area (Å²) in [5.74, 6) is 1.93. The fourth-order valence-corrected chi connectivity index (χ4v) is 4.30. The lowest BCUT2D eigenvalue weighted by atomic mass is 10.2. The Labute approximate surface area is 242 Å². The van der Waals surface area contributed by atoms with Gasteiger partial charge in [-0.25, -0.2) is 19.9 Å². The highest BCUT2D eigenvalue weighted by atomic mass is 19.4. The number of hydrogen-bond acceptors (Lipinski definition) is 8. The van der Waals surface area contributed by atoms with Crippen LogP contribution in [0.5, 0.6) is 17.2 Å². The van der Waals surface area contributed by atoms with Crippen LogP contribution in [-0.4, -0.2) is 62.7 Å². The Morgan fingerprint density at radius 3 is 1.72 bits per heavy atom. The maximum absolute atomic E-state index is 12.5. The molecular formula is C30H25F3N6O4. The van der Waals surface area contributed by atoms with E-state index in [0.717, 1.165) is 22.3 Å². The lowest BCUT2D eigenvalue weighted by molar-refractivity contribution is -0.274. The molecule has 2 N–H and O–H groups in total.